The molecule has 270 valence electrons. The van der Waals surface area contributed by atoms with Crippen molar-refractivity contribution in [1.82, 2.24) is 13.7 Å². The van der Waals surface area contributed by atoms with E-state index >= 15 is 0 Å². The normalized spacial score (nSPS) is 12.1. The molecule has 0 saturated carbocycles. The van der Waals surface area contributed by atoms with Crippen molar-refractivity contribution in [3.8, 4) is 28.2 Å². The van der Waals surface area contributed by atoms with Crippen LogP contribution in [-0.4, -0.2) is 13.7 Å². The van der Waals surface area contributed by atoms with E-state index in [0.717, 1.165) is 44.5 Å². The lowest BCUT2D eigenvalue weighted by Gasteiger charge is -2.11. The fourth-order valence-electron chi connectivity index (χ4n) is 9.72. The Morgan fingerprint density at radius 1 is 0.276 bits per heavy atom. The number of nitrogens with zero attached hydrogens (tertiary/aromatic N) is 3. The topological polar surface area (TPSA) is 27.9 Å². The van der Waals surface area contributed by atoms with Gasteiger partial charge in [0.1, 0.15) is 11.2 Å². The number of rotatable bonds is 4. The monoisotopic (exact) mass is 739 g/mol. The molecule has 0 spiro atoms. The Morgan fingerprint density at radius 3 is 1.62 bits per heavy atom. The fourth-order valence-corrected chi connectivity index (χ4v) is 9.72. The maximum atomic E-state index is 6.35. The van der Waals surface area contributed by atoms with E-state index in [9.17, 15) is 0 Å². The van der Waals surface area contributed by atoms with Gasteiger partial charge in [-0.1, -0.05) is 115 Å². The first-order valence-electron chi connectivity index (χ1n) is 19.8. The molecule has 0 radical (unpaired) electrons. The molecule has 0 aliphatic carbocycles. The molecule has 0 fully saturated rings. The summed E-state index contributed by atoms with van der Waals surface area (Å²) in [6.07, 6.45) is 0. The minimum Gasteiger partial charge on any atom is -0.456 e. The summed E-state index contributed by atoms with van der Waals surface area (Å²) in [4.78, 5) is 0. The second-order valence-corrected chi connectivity index (χ2v) is 15.3. The van der Waals surface area contributed by atoms with Crippen LogP contribution in [0.3, 0.4) is 0 Å². The van der Waals surface area contributed by atoms with Crippen molar-refractivity contribution in [1.29, 1.82) is 0 Å². The van der Waals surface area contributed by atoms with Gasteiger partial charge in [0.2, 0.25) is 0 Å². The lowest BCUT2D eigenvalue weighted by atomic mass is 10.0. The van der Waals surface area contributed by atoms with Gasteiger partial charge in [-0.3, -0.25) is 0 Å². The van der Waals surface area contributed by atoms with Crippen LogP contribution in [0, 0.1) is 0 Å². The molecule has 0 unspecified atom stereocenters. The summed E-state index contributed by atoms with van der Waals surface area (Å²) >= 11 is 0. The Bertz CT molecular complexity index is 3730. The smallest absolute Gasteiger partial charge is 0.135 e. The molecular weight excluding hydrogens is 707 g/mol. The Hall–Kier alpha value is -7.82. The van der Waals surface area contributed by atoms with Crippen molar-refractivity contribution in [3.05, 3.63) is 200 Å². The van der Waals surface area contributed by atoms with Crippen LogP contribution < -0.4 is 0 Å². The Morgan fingerprint density at radius 2 is 0.828 bits per heavy atom. The van der Waals surface area contributed by atoms with E-state index in [2.05, 4.69) is 208 Å². The van der Waals surface area contributed by atoms with Gasteiger partial charge in [-0.15, -0.1) is 0 Å². The van der Waals surface area contributed by atoms with Crippen LogP contribution in [0.25, 0.3) is 116 Å². The second kappa shape index (κ2) is 11.8. The van der Waals surface area contributed by atoms with E-state index in [1.807, 2.05) is 6.07 Å². The number of hydrogen-bond donors (Lipinski definition) is 0. The first-order chi connectivity index (χ1) is 28.8. The molecule has 4 nitrogen and oxygen atoms in total. The SMILES string of the molecule is c1ccc(-c2ccc3c(c2)c2c(ccc4c5cc(-n6c7ccccc7c7ccccc76)ccc5n(-c5ccc6oc7ccccc7c6c5)c42)n3-c2ccccc2)cc1. The molecular formula is C54H33N3O. The van der Waals surface area contributed by atoms with Crippen LogP contribution in [0.2, 0.25) is 0 Å². The number of hydrogen-bond acceptors (Lipinski definition) is 1. The fraction of sp³-hybridized carbons (Fsp3) is 0. The van der Waals surface area contributed by atoms with Crippen molar-refractivity contribution in [2.45, 2.75) is 0 Å². The highest BCUT2D eigenvalue weighted by Gasteiger charge is 2.23. The lowest BCUT2D eigenvalue weighted by molar-refractivity contribution is 0.669. The van der Waals surface area contributed by atoms with Gasteiger partial charge in [-0.25, -0.2) is 0 Å². The van der Waals surface area contributed by atoms with E-state index < -0.39 is 0 Å². The minimum absolute atomic E-state index is 0.887. The van der Waals surface area contributed by atoms with Gasteiger partial charge in [0.15, 0.2) is 0 Å². The molecule has 4 heteroatoms. The largest absolute Gasteiger partial charge is 0.456 e. The predicted octanol–water partition coefficient (Wildman–Crippen LogP) is 14.5. The lowest BCUT2D eigenvalue weighted by Crippen LogP contribution is -1.96. The first-order valence-corrected chi connectivity index (χ1v) is 19.8. The molecule has 4 heterocycles. The second-order valence-electron chi connectivity index (χ2n) is 15.3. The van der Waals surface area contributed by atoms with Gasteiger partial charge < -0.3 is 18.1 Å². The van der Waals surface area contributed by atoms with E-state index in [0.29, 0.717) is 0 Å². The summed E-state index contributed by atoms with van der Waals surface area (Å²) in [7, 11) is 0. The Balaban J connectivity index is 1.20. The Kier molecular flexibility index (Phi) is 6.41. The number of para-hydroxylation sites is 4. The molecule has 0 atom stereocenters. The van der Waals surface area contributed by atoms with Gasteiger partial charge in [0.25, 0.3) is 0 Å². The number of aromatic nitrogens is 3. The van der Waals surface area contributed by atoms with Gasteiger partial charge in [0.05, 0.1) is 33.1 Å². The van der Waals surface area contributed by atoms with Crippen LogP contribution in [0.5, 0.6) is 0 Å². The molecule has 13 rings (SSSR count). The molecule has 0 N–H and O–H groups in total. The summed E-state index contributed by atoms with van der Waals surface area (Å²) in [6.45, 7) is 0. The van der Waals surface area contributed by atoms with E-state index in [4.69, 9.17) is 4.42 Å². The van der Waals surface area contributed by atoms with Crippen molar-refractivity contribution in [3.63, 3.8) is 0 Å². The van der Waals surface area contributed by atoms with Gasteiger partial charge >= 0.3 is 0 Å². The summed E-state index contributed by atoms with van der Waals surface area (Å²) < 4.78 is 13.7. The molecule has 4 aromatic heterocycles. The zero-order valence-corrected chi connectivity index (χ0v) is 31.3. The number of fused-ring (bicyclic) bond motifs is 13. The maximum absolute atomic E-state index is 6.35. The molecule has 58 heavy (non-hydrogen) atoms. The van der Waals surface area contributed by atoms with Crippen LogP contribution in [0.15, 0.2) is 205 Å². The first kappa shape index (κ1) is 31.4. The van der Waals surface area contributed by atoms with Crippen molar-refractivity contribution >= 4 is 87.4 Å². The maximum Gasteiger partial charge on any atom is 0.135 e. The molecule has 0 saturated heterocycles. The highest BCUT2D eigenvalue weighted by molar-refractivity contribution is 6.27. The van der Waals surface area contributed by atoms with Gasteiger partial charge in [0, 0.05) is 60.2 Å². The van der Waals surface area contributed by atoms with Gasteiger partial charge in [-0.2, -0.15) is 0 Å². The summed E-state index contributed by atoms with van der Waals surface area (Å²) in [5.41, 5.74) is 14.6. The average molecular weight is 740 g/mol. The van der Waals surface area contributed by atoms with Crippen LogP contribution in [0.1, 0.15) is 0 Å². The number of furan rings is 1. The van der Waals surface area contributed by atoms with E-state index in [-0.39, 0.29) is 0 Å². The summed E-state index contributed by atoms with van der Waals surface area (Å²) in [5.74, 6) is 0. The molecule has 0 bridgehead atoms. The van der Waals surface area contributed by atoms with E-state index in [1.54, 1.807) is 0 Å². The van der Waals surface area contributed by atoms with Crippen molar-refractivity contribution in [2.75, 3.05) is 0 Å². The third kappa shape index (κ3) is 4.34. The molecule has 0 aliphatic rings. The van der Waals surface area contributed by atoms with Crippen molar-refractivity contribution < 1.29 is 4.42 Å². The number of benzene rings is 9. The van der Waals surface area contributed by atoms with Crippen LogP contribution in [0.4, 0.5) is 0 Å². The highest BCUT2D eigenvalue weighted by atomic mass is 16.3. The highest BCUT2D eigenvalue weighted by Crippen LogP contribution is 2.45. The van der Waals surface area contributed by atoms with Crippen LogP contribution >= 0.6 is 0 Å². The molecule has 0 amide bonds. The van der Waals surface area contributed by atoms with E-state index in [1.165, 1.54) is 71.0 Å². The third-order valence-electron chi connectivity index (χ3n) is 12.2. The third-order valence-corrected chi connectivity index (χ3v) is 12.2. The molecule has 0 aliphatic heterocycles. The zero-order chi connectivity index (χ0) is 37.9. The standard InChI is InChI=1S/C54H33N3O/c1-3-13-34(14-4-1)35-23-27-49-45(31-35)53-50(55(49)36-15-5-2-6-16-36)29-26-42-43-32-37(56-46-20-10-7-17-39(46)40-18-8-11-21-47(40)56)24-28-48(43)57(54(42)53)38-25-30-52-44(33-38)41-19-9-12-22-51(41)58-52/h1-33H. The molecule has 13 aromatic rings. The zero-order valence-electron chi connectivity index (χ0n) is 31.3. The minimum atomic E-state index is 0.887. The molecule has 9 aromatic carbocycles. The van der Waals surface area contributed by atoms with Crippen molar-refractivity contribution in [2.24, 2.45) is 0 Å². The van der Waals surface area contributed by atoms with Gasteiger partial charge in [-0.05, 0) is 96.1 Å². The Labute approximate surface area is 332 Å². The summed E-state index contributed by atoms with van der Waals surface area (Å²) in [6, 6.07) is 72.6. The summed E-state index contributed by atoms with van der Waals surface area (Å²) in [5, 5.41) is 9.58. The average Bonchev–Trinajstić information content (AvgIpc) is 4.02. The van der Waals surface area contributed by atoms with Crippen LogP contribution in [-0.2, 0) is 0 Å². The quantitative estimate of drug-likeness (QED) is 0.177. The predicted molar refractivity (Wildman–Crippen MR) is 242 cm³/mol.